The summed E-state index contributed by atoms with van der Waals surface area (Å²) < 4.78 is 8.73. The van der Waals surface area contributed by atoms with Gasteiger partial charge in [0.2, 0.25) is 0 Å². The molecule has 4 nitrogen and oxygen atoms in total. The lowest BCUT2D eigenvalue weighted by Gasteiger charge is -2.23. The zero-order chi connectivity index (χ0) is 13.8. The van der Waals surface area contributed by atoms with Crippen molar-refractivity contribution in [3.63, 3.8) is 0 Å². The molecule has 2 heterocycles. The summed E-state index contributed by atoms with van der Waals surface area (Å²) in [6.07, 6.45) is 3.13. The lowest BCUT2D eigenvalue weighted by atomic mass is 9.94. The fourth-order valence-electron chi connectivity index (χ4n) is 2.79. The number of halogens is 1. The summed E-state index contributed by atoms with van der Waals surface area (Å²) in [4.78, 5) is 0. The van der Waals surface area contributed by atoms with E-state index in [9.17, 15) is 0 Å². The van der Waals surface area contributed by atoms with Crippen molar-refractivity contribution in [1.82, 2.24) is 15.1 Å². The third-order valence-corrected chi connectivity index (χ3v) is 4.83. The second-order valence-electron chi connectivity index (χ2n) is 5.18. The first-order valence-electron chi connectivity index (χ1n) is 7.18. The minimum atomic E-state index is 0.476. The molecular formula is C14H24BrN3O. The largest absolute Gasteiger partial charge is 0.381 e. The molecule has 2 rings (SSSR count). The summed E-state index contributed by atoms with van der Waals surface area (Å²) in [6.45, 7) is 7.09. The second-order valence-corrected chi connectivity index (χ2v) is 5.97. The van der Waals surface area contributed by atoms with Gasteiger partial charge in [-0.15, -0.1) is 0 Å². The van der Waals surface area contributed by atoms with E-state index in [1.165, 1.54) is 10.2 Å². The van der Waals surface area contributed by atoms with Crippen molar-refractivity contribution in [2.45, 2.75) is 39.2 Å². The van der Waals surface area contributed by atoms with Crippen LogP contribution in [0.5, 0.6) is 0 Å². The van der Waals surface area contributed by atoms with Crippen LogP contribution < -0.4 is 5.32 Å². The van der Waals surface area contributed by atoms with Gasteiger partial charge >= 0.3 is 0 Å². The van der Waals surface area contributed by atoms with Crippen LogP contribution >= 0.6 is 15.9 Å². The number of hydrogen-bond acceptors (Lipinski definition) is 3. The average molecular weight is 330 g/mol. The zero-order valence-electron chi connectivity index (χ0n) is 12.1. The maximum absolute atomic E-state index is 5.53. The Morgan fingerprint density at radius 2 is 2.32 bits per heavy atom. The highest BCUT2D eigenvalue weighted by atomic mass is 79.9. The van der Waals surface area contributed by atoms with Crippen molar-refractivity contribution >= 4 is 15.9 Å². The Labute approximate surface area is 124 Å². The van der Waals surface area contributed by atoms with E-state index in [0.29, 0.717) is 12.0 Å². The van der Waals surface area contributed by atoms with Crippen LogP contribution in [-0.4, -0.2) is 35.6 Å². The number of hydrogen-bond donors (Lipinski definition) is 1. The van der Waals surface area contributed by atoms with Gasteiger partial charge in [-0.2, -0.15) is 5.10 Å². The number of nitrogens with zero attached hydrogens (tertiary/aromatic N) is 2. The fraction of sp³-hybridized carbons (Fsp3) is 0.786. The molecule has 5 heteroatoms. The first-order chi connectivity index (χ1) is 9.17. The minimum absolute atomic E-state index is 0.476. The van der Waals surface area contributed by atoms with E-state index in [2.05, 4.69) is 40.2 Å². The van der Waals surface area contributed by atoms with Crippen molar-refractivity contribution in [2.24, 2.45) is 13.0 Å². The Morgan fingerprint density at radius 3 is 2.84 bits per heavy atom. The SMILES string of the molecule is CCNC(Cc1c(Br)c(CC)nn1C)C1CCOC1. The van der Waals surface area contributed by atoms with E-state index in [4.69, 9.17) is 4.74 Å². The Kier molecular flexibility index (Phi) is 5.42. The zero-order valence-corrected chi connectivity index (χ0v) is 13.7. The predicted molar refractivity (Wildman–Crippen MR) is 80.4 cm³/mol. The standard InChI is InChI=1S/C14H24BrN3O/c1-4-11-14(15)13(18(3)17-11)8-12(16-5-2)10-6-7-19-9-10/h10,12,16H,4-9H2,1-3H3. The van der Waals surface area contributed by atoms with E-state index in [-0.39, 0.29) is 0 Å². The van der Waals surface area contributed by atoms with E-state index >= 15 is 0 Å². The van der Waals surface area contributed by atoms with Gasteiger partial charge in [-0.25, -0.2) is 0 Å². The molecule has 108 valence electrons. The third kappa shape index (κ3) is 3.38. The van der Waals surface area contributed by atoms with Gasteiger partial charge in [0, 0.05) is 32.0 Å². The molecule has 1 aromatic rings. The molecule has 1 fully saturated rings. The summed E-state index contributed by atoms with van der Waals surface area (Å²) in [5.74, 6) is 0.617. The predicted octanol–water partition coefficient (Wildman–Crippen LogP) is 2.30. The molecule has 0 amide bonds. The molecule has 0 bridgehead atoms. The monoisotopic (exact) mass is 329 g/mol. The Morgan fingerprint density at radius 1 is 1.53 bits per heavy atom. The number of nitrogens with one attached hydrogen (secondary N) is 1. The number of likely N-dealkylation sites (N-methyl/N-ethyl adjacent to an activating group) is 1. The Bertz CT molecular complexity index is 413. The molecular weight excluding hydrogens is 306 g/mol. The molecule has 1 N–H and O–H groups in total. The summed E-state index contributed by atoms with van der Waals surface area (Å²) in [5.41, 5.74) is 2.44. The molecule has 2 atom stereocenters. The number of ether oxygens (including phenoxy) is 1. The van der Waals surface area contributed by atoms with Gasteiger partial charge in [-0.05, 0) is 35.3 Å². The summed E-state index contributed by atoms with van der Waals surface area (Å²) in [5, 5.41) is 8.19. The molecule has 0 aromatic carbocycles. The molecule has 1 saturated heterocycles. The van der Waals surface area contributed by atoms with Crippen LogP contribution in [-0.2, 0) is 24.6 Å². The Balaban J connectivity index is 2.14. The van der Waals surface area contributed by atoms with Gasteiger partial charge in [-0.3, -0.25) is 4.68 Å². The van der Waals surface area contributed by atoms with Gasteiger partial charge in [0.25, 0.3) is 0 Å². The lowest BCUT2D eigenvalue weighted by Crippen LogP contribution is -2.38. The van der Waals surface area contributed by atoms with Gasteiger partial charge in [-0.1, -0.05) is 13.8 Å². The fourth-order valence-corrected chi connectivity index (χ4v) is 3.57. The normalized spacial score (nSPS) is 20.9. The van der Waals surface area contributed by atoms with Crippen LogP contribution in [0.2, 0.25) is 0 Å². The van der Waals surface area contributed by atoms with Crippen LogP contribution in [0.4, 0.5) is 0 Å². The highest BCUT2D eigenvalue weighted by Crippen LogP contribution is 2.26. The van der Waals surface area contributed by atoms with Crippen LogP contribution in [0.25, 0.3) is 0 Å². The number of aromatic nitrogens is 2. The van der Waals surface area contributed by atoms with Crippen molar-refractivity contribution in [1.29, 1.82) is 0 Å². The van der Waals surface area contributed by atoms with Crippen molar-refractivity contribution in [3.05, 3.63) is 15.9 Å². The molecule has 2 unspecified atom stereocenters. The van der Waals surface area contributed by atoms with Crippen molar-refractivity contribution in [2.75, 3.05) is 19.8 Å². The van der Waals surface area contributed by atoms with E-state index in [1.54, 1.807) is 0 Å². The van der Waals surface area contributed by atoms with Crippen molar-refractivity contribution in [3.8, 4) is 0 Å². The quantitative estimate of drug-likeness (QED) is 0.870. The van der Waals surface area contributed by atoms with Crippen molar-refractivity contribution < 1.29 is 4.74 Å². The number of rotatable bonds is 6. The number of aryl methyl sites for hydroxylation is 2. The first-order valence-corrected chi connectivity index (χ1v) is 7.98. The molecule has 19 heavy (non-hydrogen) atoms. The maximum atomic E-state index is 5.53. The lowest BCUT2D eigenvalue weighted by molar-refractivity contribution is 0.176. The van der Waals surface area contributed by atoms with Gasteiger partial charge in [0.15, 0.2) is 0 Å². The van der Waals surface area contributed by atoms with Crippen LogP contribution in [0.15, 0.2) is 4.47 Å². The molecule has 0 aliphatic carbocycles. The van der Waals surface area contributed by atoms with Crippen LogP contribution in [0, 0.1) is 5.92 Å². The average Bonchev–Trinajstić information content (AvgIpc) is 3.01. The highest BCUT2D eigenvalue weighted by molar-refractivity contribution is 9.10. The maximum Gasteiger partial charge on any atom is 0.0766 e. The smallest absolute Gasteiger partial charge is 0.0766 e. The van der Waals surface area contributed by atoms with Crippen LogP contribution in [0.3, 0.4) is 0 Å². The summed E-state index contributed by atoms with van der Waals surface area (Å²) >= 11 is 3.71. The van der Waals surface area contributed by atoms with Gasteiger partial charge < -0.3 is 10.1 Å². The summed E-state index contributed by atoms with van der Waals surface area (Å²) in [6, 6.07) is 0.476. The second kappa shape index (κ2) is 6.86. The molecule has 0 spiro atoms. The van der Waals surface area contributed by atoms with Crippen LogP contribution in [0.1, 0.15) is 31.7 Å². The molecule has 1 aliphatic rings. The minimum Gasteiger partial charge on any atom is -0.381 e. The van der Waals surface area contributed by atoms with E-state index < -0.39 is 0 Å². The van der Waals surface area contributed by atoms with Gasteiger partial charge in [0.05, 0.1) is 22.5 Å². The van der Waals surface area contributed by atoms with E-state index in [0.717, 1.165) is 44.7 Å². The van der Waals surface area contributed by atoms with Gasteiger partial charge in [0.1, 0.15) is 0 Å². The molecule has 1 aromatic heterocycles. The molecule has 0 radical (unpaired) electrons. The first kappa shape index (κ1) is 15.0. The van der Waals surface area contributed by atoms with E-state index in [1.807, 2.05) is 11.7 Å². The topological polar surface area (TPSA) is 39.1 Å². The highest BCUT2D eigenvalue weighted by Gasteiger charge is 2.27. The third-order valence-electron chi connectivity index (χ3n) is 3.92. The summed E-state index contributed by atoms with van der Waals surface area (Å²) in [7, 11) is 2.04. The molecule has 1 aliphatic heterocycles. The molecule has 0 saturated carbocycles. The Hall–Kier alpha value is -0.390.